The summed E-state index contributed by atoms with van der Waals surface area (Å²) in [4.78, 5) is 0.639. The maximum Gasteiger partial charge on any atom is 0.159 e. The third kappa shape index (κ3) is 3.96. The largest absolute Gasteiger partial charge is 0.494 e. The minimum absolute atomic E-state index is 0.0963. The van der Waals surface area contributed by atoms with Crippen LogP contribution in [-0.4, -0.2) is 14.2 Å². The number of hydrogen-bond acceptors (Lipinski definition) is 3. The van der Waals surface area contributed by atoms with Crippen molar-refractivity contribution in [3.8, 4) is 11.5 Å². The van der Waals surface area contributed by atoms with E-state index in [-0.39, 0.29) is 51.7 Å². The Morgan fingerprint density at radius 1 is 0.480 bits per heavy atom. The summed E-state index contributed by atoms with van der Waals surface area (Å²) in [5.74, 6) is 0.316. The number of halogens is 8. The minimum Gasteiger partial charge on any atom is -0.494 e. The van der Waals surface area contributed by atoms with Crippen molar-refractivity contribution in [3.63, 3.8) is 0 Å². The third-order valence-corrected chi connectivity index (χ3v) is 7.99. The van der Waals surface area contributed by atoms with Gasteiger partial charge in [0.2, 0.25) is 0 Å². The summed E-state index contributed by atoms with van der Waals surface area (Å²) in [5, 5.41) is 0.860. The SMILES string of the molecule is COc1c(Cl)c(Cl)c(Sc2c(Cl)c(Cl)c(OC)c(Cl)c2Cl)c(Cl)c1Cl. The number of methoxy groups -OCH3 is 2. The summed E-state index contributed by atoms with van der Waals surface area (Å²) in [5.41, 5.74) is 0. The van der Waals surface area contributed by atoms with E-state index in [0.717, 1.165) is 11.8 Å². The summed E-state index contributed by atoms with van der Waals surface area (Å²) in [6.45, 7) is 0. The molecule has 0 aliphatic carbocycles. The monoisotopic (exact) mass is 518 g/mol. The molecule has 2 rings (SSSR count). The number of benzene rings is 2. The Bertz CT molecular complexity index is 728. The highest BCUT2D eigenvalue weighted by atomic mass is 35.5. The van der Waals surface area contributed by atoms with E-state index in [1.165, 1.54) is 14.2 Å². The van der Waals surface area contributed by atoms with Gasteiger partial charge in [0, 0.05) is 0 Å². The molecule has 0 saturated carbocycles. The summed E-state index contributed by atoms with van der Waals surface area (Å²) in [6, 6.07) is 0. The van der Waals surface area contributed by atoms with Crippen LogP contribution in [-0.2, 0) is 0 Å². The van der Waals surface area contributed by atoms with Gasteiger partial charge in [-0.05, 0) is 0 Å². The molecule has 2 nitrogen and oxygen atoms in total. The first-order valence-electron chi connectivity index (χ1n) is 6.14. The zero-order valence-corrected chi connectivity index (χ0v) is 19.1. The van der Waals surface area contributed by atoms with Crippen molar-refractivity contribution in [2.75, 3.05) is 14.2 Å². The molecule has 0 fully saturated rings. The zero-order valence-electron chi connectivity index (χ0n) is 12.2. The first-order chi connectivity index (χ1) is 11.7. The van der Waals surface area contributed by atoms with Gasteiger partial charge in [-0.2, -0.15) is 0 Å². The van der Waals surface area contributed by atoms with E-state index in [9.17, 15) is 0 Å². The van der Waals surface area contributed by atoms with Crippen molar-refractivity contribution in [1.82, 2.24) is 0 Å². The Kier molecular flexibility index (Phi) is 7.75. The molecule has 0 aliphatic heterocycles. The lowest BCUT2D eigenvalue weighted by Gasteiger charge is -2.17. The molecule has 2 aromatic rings. The molecule has 0 aromatic heterocycles. The second-order valence-corrected chi connectivity index (χ2v) is 8.38. The van der Waals surface area contributed by atoms with Crippen LogP contribution in [0.15, 0.2) is 9.79 Å². The van der Waals surface area contributed by atoms with Crippen LogP contribution in [0.5, 0.6) is 11.5 Å². The normalized spacial score (nSPS) is 11.0. The van der Waals surface area contributed by atoms with E-state index >= 15 is 0 Å². The highest BCUT2D eigenvalue weighted by Crippen LogP contribution is 2.56. The van der Waals surface area contributed by atoms with E-state index in [1.807, 2.05) is 0 Å². The molecule has 0 radical (unpaired) electrons. The molecule has 0 bridgehead atoms. The molecule has 0 spiro atoms. The summed E-state index contributed by atoms with van der Waals surface area (Å²) >= 11 is 50.9. The molecule has 0 heterocycles. The van der Waals surface area contributed by atoms with Gasteiger partial charge in [-0.3, -0.25) is 0 Å². The lowest BCUT2D eigenvalue weighted by Crippen LogP contribution is -1.93. The lowest BCUT2D eigenvalue weighted by molar-refractivity contribution is 0.415. The Hall–Kier alpha value is 0.710. The molecular formula is C14H6Cl8O2S. The van der Waals surface area contributed by atoms with Crippen LogP contribution in [0.2, 0.25) is 40.2 Å². The van der Waals surface area contributed by atoms with Crippen LogP contribution in [0.25, 0.3) is 0 Å². The van der Waals surface area contributed by atoms with Crippen molar-refractivity contribution in [2.24, 2.45) is 0 Å². The first kappa shape index (κ1) is 22.0. The van der Waals surface area contributed by atoms with Crippen LogP contribution in [0.4, 0.5) is 0 Å². The van der Waals surface area contributed by atoms with Gasteiger partial charge in [0.05, 0.1) is 44.1 Å². The zero-order chi connectivity index (χ0) is 19.0. The molecule has 0 aliphatic rings. The number of ether oxygens (including phenoxy) is 2. The molecule has 2 aromatic carbocycles. The Morgan fingerprint density at radius 2 is 0.720 bits per heavy atom. The highest BCUT2D eigenvalue weighted by Gasteiger charge is 2.26. The first-order valence-corrected chi connectivity index (χ1v) is 9.99. The predicted molar refractivity (Wildman–Crippen MR) is 110 cm³/mol. The molecule has 136 valence electrons. The second-order valence-electron chi connectivity index (χ2n) is 4.34. The van der Waals surface area contributed by atoms with E-state index in [1.54, 1.807) is 0 Å². The molecule has 0 N–H and O–H groups in total. The smallest absolute Gasteiger partial charge is 0.159 e. The van der Waals surface area contributed by atoms with Crippen molar-refractivity contribution in [1.29, 1.82) is 0 Å². The Labute approximate surface area is 188 Å². The second kappa shape index (κ2) is 8.81. The molecule has 0 saturated heterocycles. The van der Waals surface area contributed by atoms with Crippen LogP contribution < -0.4 is 9.47 Å². The molecular weight excluding hydrogens is 516 g/mol. The third-order valence-electron chi connectivity index (χ3n) is 2.98. The van der Waals surface area contributed by atoms with E-state index in [2.05, 4.69) is 0 Å². The fourth-order valence-electron chi connectivity index (χ4n) is 1.82. The van der Waals surface area contributed by atoms with Gasteiger partial charge >= 0.3 is 0 Å². The number of hydrogen-bond donors (Lipinski definition) is 0. The van der Waals surface area contributed by atoms with Crippen LogP contribution in [0.3, 0.4) is 0 Å². The van der Waals surface area contributed by atoms with Gasteiger partial charge < -0.3 is 9.47 Å². The maximum atomic E-state index is 6.29. The van der Waals surface area contributed by atoms with Crippen molar-refractivity contribution >= 4 is 105 Å². The number of rotatable bonds is 4. The molecule has 0 amide bonds. The minimum atomic E-state index is 0.0963. The van der Waals surface area contributed by atoms with E-state index in [4.69, 9.17) is 102 Å². The quantitative estimate of drug-likeness (QED) is 0.374. The van der Waals surface area contributed by atoms with Gasteiger partial charge in [0.15, 0.2) is 11.5 Å². The van der Waals surface area contributed by atoms with Crippen molar-refractivity contribution < 1.29 is 9.47 Å². The van der Waals surface area contributed by atoms with Crippen LogP contribution in [0, 0.1) is 0 Å². The van der Waals surface area contributed by atoms with Gasteiger partial charge in [-0.1, -0.05) is 105 Å². The van der Waals surface area contributed by atoms with Gasteiger partial charge in [-0.25, -0.2) is 0 Å². The topological polar surface area (TPSA) is 18.5 Å². The summed E-state index contributed by atoms with van der Waals surface area (Å²) in [6.07, 6.45) is 0. The van der Waals surface area contributed by atoms with Gasteiger partial charge in [0.25, 0.3) is 0 Å². The van der Waals surface area contributed by atoms with Crippen LogP contribution in [0.1, 0.15) is 0 Å². The predicted octanol–water partition coefficient (Wildman–Crippen LogP) is 9.08. The lowest BCUT2D eigenvalue weighted by atomic mass is 10.3. The van der Waals surface area contributed by atoms with Gasteiger partial charge in [-0.15, -0.1) is 0 Å². The van der Waals surface area contributed by atoms with E-state index < -0.39 is 0 Å². The Morgan fingerprint density at radius 3 is 0.920 bits per heavy atom. The van der Waals surface area contributed by atoms with Crippen molar-refractivity contribution in [2.45, 2.75) is 9.79 Å². The highest BCUT2D eigenvalue weighted by molar-refractivity contribution is 7.99. The van der Waals surface area contributed by atoms with E-state index in [0.29, 0.717) is 9.79 Å². The van der Waals surface area contributed by atoms with Crippen LogP contribution >= 0.6 is 105 Å². The maximum absolute atomic E-state index is 6.29. The Balaban J connectivity index is 2.70. The summed E-state index contributed by atoms with van der Waals surface area (Å²) in [7, 11) is 2.78. The van der Waals surface area contributed by atoms with Crippen molar-refractivity contribution in [3.05, 3.63) is 40.2 Å². The molecule has 0 atom stereocenters. The fourth-order valence-corrected chi connectivity index (χ4v) is 5.46. The average molecular weight is 522 g/mol. The molecule has 25 heavy (non-hydrogen) atoms. The molecule has 11 heteroatoms. The summed E-state index contributed by atoms with van der Waals surface area (Å²) < 4.78 is 10.2. The van der Waals surface area contributed by atoms with Gasteiger partial charge in [0.1, 0.15) is 20.1 Å². The molecule has 0 unspecified atom stereocenters. The fraction of sp³-hybridized carbons (Fsp3) is 0.143. The standard InChI is InChI=1S/C14H6Cl8O2S/c1-23-11-3(15)7(19)13(8(20)4(11)16)25-14-9(21)5(17)12(24-2)6(18)10(14)22/h1-2H3. The average Bonchev–Trinajstić information content (AvgIpc) is 2.59.